The molecule has 7 nitrogen and oxygen atoms in total. The predicted octanol–water partition coefficient (Wildman–Crippen LogP) is 3.27. The third kappa shape index (κ3) is 4.45. The number of amides is 2. The summed E-state index contributed by atoms with van der Waals surface area (Å²) >= 11 is 1.63. The Labute approximate surface area is 214 Å². The van der Waals surface area contributed by atoms with Crippen LogP contribution in [0.1, 0.15) is 53.9 Å². The van der Waals surface area contributed by atoms with Crippen molar-refractivity contribution in [1.29, 1.82) is 0 Å². The lowest BCUT2D eigenvalue weighted by atomic mass is 9.66. The number of carbonyl (C=O) groups is 3. The molecular weight excluding hydrogens is 464 g/mol. The van der Waals surface area contributed by atoms with E-state index in [1.54, 1.807) is 22.7 Å². The second-order valence-electron chi connectivity index (χ2n) is 10.6. The summed E-state index contributed by atoms with van der Waals surface area (Å²) in [6.45, 7) is 17.9. The van der Waals surface area contributed by atoms with E-state index in [4.69, 9.17) is 4.74 Å². The van der Waals surface area contributed by atoms with Crippen molar-refractivity contribution in [2.75, 3.05) is 19.8 Å². The zero-order chi connectivity index (χ0) is 26.1. The third-order valence-electron chi connectivity index (χ3n) is 8.19. The molecule has 3 saturated heterocycles. The van der Waals surface area contributed by atoms with Crippen molar-refractivity contribution in [3.63, 3.8) is 0 Å². The van der Waals surface area contributed by atoms with E-state index >= 15 is 0 Å². The monoisotopic (exact) mass is 506 g/mol. The van der Waals surface area contributed by atoms with E-state index in [-0.39, 0.29) is 48.2 Å². The molecule has 4 unspecified atom stereocenters. The Morgan fingerprint density at radius 1 is 1.31 bits per heavy atom. The lowest BCUT2D eigenvalue weighted by molar-refractivity contribution is -0.154. The van der Waals surface area contributed by atoms with Gasteiger partial charge in [-0.05, 0) is 31.6 Å². The van der Waals surface area contributed by atoms with Gasteiger partial charge in [0.2, 0.25) is 11.8 Å². The Morgan fingerprint density at radius 2 is 2.00 bits per heavy atom. The van der Waals surface area contributed by atoms with Crippen LogP contribution in [0.4, 0.5) is 0 Å². The molecule has 196 valence electrons. The lowest BCUT2D eigenvalue weighted by Gasteiger charge is -2.43. The van der Waals surface area contributed by atoms with Crippen molar-refractivity contribution in [2.45, 2.75) is 82.0 Å². The molecule has 2 amide bonds. The molecule has 0 aromatic carbocycles. The summed E-state index contributed by atoms with van der Waals surface area (Å²) in [5, 5.41) is 10.3. The summed E-state index contributed by atoms with van der Waals surface area (Å²) in [7, 11) is 0. The molecule has 8 atom stereocenters. The summed E-state index contributed by atoms with van der Waals surface area (Å²) in [6.07, 6.45) is 5.77. The number of aliphatic hydroxyl groups is 1. The number of carbonyl (C=O) groups excluding carboxylic acids is 3. The first-order valence-electron chi connectivity index (χ1n) is 12.9. The van der Waals surface area contributed by atoms with Gasteiger partial charge in [-0.1, -0.05) is 52.8 Å². The second kappa shape index (κ2) is 11.1. The number of aliphatic hydroxyl groups excluding tert-OH is 1. The van der Waals surface area contributed by atoms with Gasteiger partial charge in [-0.3, -0.25) is 14.4 Å². The van der Waals surface area contributed by atoms with Gasteiger partial charge in [0.05, 0.1) is 29.2 Å². The van der Waals surface area contributed by atoms with Crippen LogP contribution < -0.4 is 0 Å². The van der Waals surface area contributed by atoms with Crippen molar-refractivity contribution in [2.24, 2.45) is 23.7 Å². The highest BCUT2D eigenvalue weighted by molar-refractivity contribution is 8.02. The minimum Gasteiger partial charge on any atom is -0.461 e. The molecule has 2 bridgehead atoms. The molecule has 3 fully saturated rings. The van der Waals surface area contributed by atoms with Gasteiger partial charge in [-0.15, -0.1) is 18.3 Å². The van der Waals surface area contributed by atoms with Crippen LogP contribution in [0.2, 0.25) is 0 Å². The number of fused-ring (bicyclic) bond motifs is 1. The fourth-order valence-electron chi connectivity index (χ4n) is 6.58. The van der Waals surface area contributed by atoms with Crippen LogP contribution in [0.25, 0.3) is 0 Å². The van der Waals surface area contributed by atoms with E-state index in [0.29, 0.717) is 6.54 Å². The highest BCUT2D eigenvalue weighted by atomic mass is 32.2. The van der Waals surface area contributed by atoms with Crippen LogP contribution in [0.15, 0.2) is 25.3 Å². The van der Waals surface area contributed by atoms with Gasteiger partial charge < -0.3 is 19.6 Å². The molecule has 0 radical (unpaired) electrons. The van der Waals surface area contributed by atoms with Gasteiger partial charge in [0.1, 0.15) is 12.6 Å². The van der Waals surface area contributed by atoms with Crippen molar-refractivity contribution < 1.29 is 24.2 Å². The van der Waals surface area contributed by atoms with Crippen molar-refractivity contribution in [1.82, 2.24) is 9.80 Å². The molecular formula is C27H42N2O5S. The molecule has 3 heterocycles. The fraction of sp³-hybridized carbons (Fsp3) is 0.741. The smallest absolute Gasteiger partial charge is 0.311 e. The standard InChI is InChI=1S/C27H42N2O5S/c1-8-11-18(7)28(12-9-2)25(32)23-27-17(6)14-20(35-27)21(26(33)34-13-10-3)22(27)24(31)29(23)19(15-30)16(4)5/h9-10,16-23,30H,2-3,8,11-15H2,1,4-7H3/t17?,18?,19-,20-,21+,22-,23?,27?/m0/s1. The van der Waals surface area contributed by atoms with Crippen molar-refractivity contribution in [3.8, 4) is 0 Å². The fourth-order valence-corrected chi connectivity index (χ4v) is 8.97. The largest absolute Gasteiger partial charge is 0.461 e. The topological polar surface area (TPSA) is 87.2 Å². The maximum atomic E-state index is 14.4. The quantitative estimate of drug-likeness (QED) is 0.323. The number of hydrogen-bond acceptors (Lipinski definition) is 6. The van der Waals surface area contributed by atoms with Crippen LogP contribution in [-0.4, -0.2) is 80.6 Å². The molecule has 1 N–H and O–H groups in total. The number of thioether (sulfide) groups is 1. The van der Waals surface area contributed by atoms with Crippen molar-refractivity contribution in [3.05, 3.63) is 25.3 Å². The number of hydrogen-bond donors (Lipinski definition) is 1. The van der Waals surface area contributed by atoms with Gasteiger partial charge in [0.15, 0.2) is 0 Å². The number of nitrogens with zero attached hydrogens (tertiary/aromatic N) is 2. The number of likely N-dealkylation sites (tertiary alicyclic amines) is 1. The van der Waals surface area contributed by atoms with Gasteiger partial charge in [0, 0.05) is 17.8 Å². The predicted molar refractivity (Wildman–Crippen MR) is 139 cm³/mol. The lowest BCUT2D eigenvalue weighted by Crippen LogP contribution is -2.61. The molecule has 3 aliphatic heterocycles. The maximum Gasteiger partial charge on any atom is 0.311 e. The second-order valence-corrected chi connectivity index (χ2v) is 12.2. The zero-order valence-corrected chi connectivity index (χ0v) is 22.6. The average molecular weight is 507 g/mol. The first-order valence-corrected chi connectivity index (χ1v) is 13.8. The molecule has 3 aliphatic rings. The van der Waals surface area contributed by atoms with E-state index in [0.717, 1.165) is 19.3 Å². The molecule has 8 heteroatoms. The first-order chi connectivity index (χ1) is 16.6. The summed E-state index contributed by atoms with van der Waals surface area (Å²) < 4.78 is 4.71. The van der Waals surface area contributed by atoms with Gasteiger partial charge in [-0.2, -0.15) is 0 Å². The molecule has 35 heavy (non-hydrogen) atoms. The van der Waals surface area contributed by atoms with Crippen LogP contribution >= 0.6 is 11.8 Å². The minimum atomic E-state index is -0.749. The van der Waals surface area contributed by atoms with E-state index in [2.05, 4.69) is 27.0 Å². The van der Waals surface area contributed by atoms with Gasteiger partial charge in [-0.25, -0.2) is 0 Å². The Bertz CT molecular complexity index is 847. The van der Waals surface area contributed by atoms with E-state index in [1.807, 2.05) is 25.7 Å². The molecule has 1 spiro atoms. The zero-order valence-electron chi connectivity index (χ0n) is 21.8. The third-order valence-corrected chi connectivity index (χ3v) is 10.3. The maximum absolute atomic E-state index is 14.4. The van der Waals surface area contributed by atoms with Gasteiger partial charge in [0.25, 0.3) is 0 Å². The Balaban J connectivity index is 2.14. The molecule has 0 aromatic rings. The first kappa shape index (κ1) is 27.8. The van der Waals surface area contributed by atoms with Crippen LogP contribution in [0.3, 0.4) is 0 Å². The highest BCUT2D eigenvalue weighted by Gasteiger charge is 2.77. The van der Waals surface area contributed by atoms with Crippen LogP contribution in [0, 0.1) is 23.7 Å². The number of ether oxygens (including phenoxy) is 1. The molecule has 0 aliphatic carbocycles. The van der Waals surface area contributed by atoms with E-state index in [9.17, 15) is 19.5 Å². The van der Waals surface area contributed by atoms with Crippen molar-refractivity contribution >= 4 is 29.5 Å². The summed E-state index contributed by atoms with van der Waals surface area (Å²) in [6, 6.07) is -1.28. The Kier molecular flexibility index (Phi) is 8.79. The normalized spacial score (nSPS) is 32.9. The Hall–Kier alpha value is -1.80. The molecule has 0 aromatic heterocycles. The Morgan fingerprint density at radius 3 is 2.54 bits per heavy atom. The summed E-state index contributed by atoms with van der Waals surface area (Å²) in [4.78, 5) is 45.2. The molecule has 0 saturated carbocycles. The van der Waals surface area contributed by atoms with E-state index < -0.39 is 34.6 Å². The summed E-state index contributed by atoms with van der Waals surface area (Å²) in [5.41, 5.74) is 0. The SMILES string of the molecule is C=CCOC(=O)[C@@H]1[C@@H]2CC(C)C3(S2)C(C(=O)N(CC=C)C(C)CCC)N([C@@H](CO)C(C)C)C(=O)[C@H]13. The van der Waals surface area contributed by atoms with Gasteiger partial charge >= 0.3 is 5.97 Å². The van der Waals surface area contributed by atoms with E-state index in [1.165, 1.54) is 6.08 Å². The molecule has 3 rings (SSSR count). The highest BCUT2D eigenvalue weighted by Crippen LogP contribution is 2.69. The summed E-state index contributed by atoms with van der Waals surface area (Å²) in [5.74, 6) is -1.95. The van der Waals surface area contributed by atoms with Crippen LogP contribution in [-0.2, 0) is 19.1 Å². The number of esters is 1. The average Bonchev–Trinajstić information content (AvgIpc) is 3.40. The minimum absolute atomic E-state index is 0.0169. The van der Waals surface area contributed by atoms with Crippen LogP contribution in [0.5, 0.6) is 0 Å². The number of rotatable bonds is 12.